The van der Waals surface area contributed by atoms with Crippen molar-refractivity contribution in [3.05, 3.63) is 96.4 Å². The molecule has 3 amide bonds. The summed E-state index contributed by atoms with van der Waals surface area (Å²) in [4.78, 5) is 46.3. The average Bonchev–Trinajstić information content (AvgIpc) is 3.70. The number of fused-ring (bicyclic) bond motifs is 1. The molecule has 0 bridgehead atoms. The van der Waals surface area contributed by atoms with Gasteiger partial charge in [0.1, 0.15) is 12.1 Å². The Kier molecular flexibility index (Phi) is 9.18. The van der Waals surface area contributed by atoms with Crippen LogP contribution in [0.15, 0.2) is 85.3 Å². The molecular weight excluding hydrogens is 544 g/mol. The molecule has 0 spiro atoms. The number of carbonyl (C=O) groups is 3. The fraction of sp³-hybridized carbons (Fsp3) is 0.333. The van der Waals surface area contributed by atoms with Gasteiger partial charge in [-0.3, -0.25) is 14.4 Å². The molecule has 1 saturated heterocycles. The summed E-state index contributed by atoms with van der Waals surface area (Å²) in [5.41, 5.74) is 6.58. The molecule has 10 nitrogen and oxygen atoms in total. The molecule has 1 aromatic heterocycles. The Hall–Kier alpha value is -4.54. The smallest absolute Gasteiger partial charge is 0.250 e. The van der Waals surface area contributed by atoms with Crippen LogP contribution in [0, 0.1) is 0 Å². The van der Waals surface area contributed by atoms with Crippen molar-refractivity contribution in [2.24, 2.45) is 5.73 Å². The zero-order chi connectivity index (χ0) is 30.4. The highest BCUT2D eigenvalue weighted by atomic mass is 16.5. The fourth-order valence-electron chi connectivity index (χ4n) is 5.17. The highest BCUT2D eigenvalue weighted by Crippen LogP contribution is 2.30. The normalized spacial score (nSPS) is 14.8. The number of amides is 3. The molecule has 1 aliphatic rings. The zero-order valence-corrected chi connectivity index (χ0v) is 24.5. The predicted molar refractivity (Wildman–Crippen MR) is 165 cm³/mol. The lowest BCUT2D eigenvalue weighted by molar-refractivity contribution is -0.132. The van der Waals surface area contributed by atoms with Gasteiger partial charge in [-0.1, -0.05) is 72.8 Å². The number of hydrogen-bond acceptors (Lipinski definition) is 6. The van der Waals surface area contributed by atoms with Crippen molar-refractivity contribution in [3.8, 4) is 0 Å². The second-order valence-corrected chi connectivity index (χ2v) is 11.4. The molecule has 4 N–H and O–H groups in total. The van der Waals surface area contributed by atoms with Crippen LogP contribution >= 0.6 is 0 Å². The van der Waals surface area contributed by atoms with Crippen LogP contribution in [-0.2, 0) is 25.7 Å². The van der Waals surface area contributed by atoms with E-state index in [0.717, 1.165) is 34.7 Å². The first-order chi connectivity index (χ1) is 20.7. The molecule has 10 heteroatoms. The molecule has 0 radical (unpaired) electrons. The van der Waals surface area contributed by atoms with Gasteiger partial charge in [0.25, 0.3) is 5.91 Å². The van der Waals surface area contributed by atoms with Crippen LogP contribution in [0.1, 0.15) is 43.9 Å². The summed E-state index contributed by atoms with van der Waals surface area (Å²) in [6, 6.07) is 21.7. The number of hydrogen-bond donors (Lipinski definition) is 3. The monoisotopic (exact) mass is 582 g/mol. The second kappa shape index (κ2) is 13.2. The number of nitrogens with one attached hydrogen (secondary N) is 2. The first kappa shape index (κ1) is 29.9. The molecule has 43 heavy (non-hydrogen) atoms. The SMILES string of the molecule is CC(C)(N)C(=O)NC(COCc1ccccc1)C(=O)Nc1cn(C(C(=O)N2CCCC2)c2cccc3ccccc23)cn1. The lowest BCUT2D eigenvalue weighted by Gasteiger charge is -2.25. The van der Waals surface area contributed by atoms with Gasteiger partial charge in [0.05, 0.1) is 25.1 Å². The van der Waals surface area contributed by atoms with E-state index in [1.807, 2.05) is 77.7 Å². The summed E-state index contributed by atoms with van der Waals surface area (Å²) >= 11 is 0. The van der Waals surface area contributed by atoms with E-state index in [-0.39, 0.29) is 24.9 Å². The quantitative estimate of drug-likeness (QED) is 0.248. The van der Waals surface area contributed by atoms with Crippen LogP contribution in [-0.4, -0.2) is 63.4 Å². The number of benzene rings is 3. The molecule has 2 unspecified atom stereocenters. The molecule has 2 heterocycles. The van der Waals surface area contributed by atoms with Gasteiger partial charge < -0.3 is 30.6 Å². The molecule has 1 aliphatic heterocycles. The molecule has 2 atom stereocenters. The number of rotatable bonds is 11. The lowest BCUT2D eigenvalue weighted by atomic mass is 9.97. The van der Waals surface area contributed by atoms with Gasteiger partial charge in [-0.25, -0.2) is 4.98 Å². The summed E-state index contributed by atoms with van der Waals surface area (Å²) in [5.74, 6) is -0.773. The molecule has 1 fully saturated rings. The topological polar surface area (TPSA) is 132 Å². The molecular formula is C33H38N6O4. The van der Waals surface area contributed by atoms with Crippen molar-refractivity contribution in [2.45, 2.75) is 50.9 Å². The van der Waals surface area contributed by atoms with Crippen LogP contribution in [0.25, 0.3) is 10.8 Å². The van der Waals surface area contributed by atoms with Gasteiger partial charge in [-0.15, -0.1) is 0 Å². The Balaban J connectivity index is 1.37. The first-order valence-corrected chi connectivity index (χ1v) is 14.5. The van der Waals surface area contributed by atoms with Crippen LogP contribution in [0.2, 0.25) is 0 Å². The number of likely N-dealkylation sites (tertiary alicyclic amines) is 1. The van der Waals surface area contributed by atoms with Crippen LogP contribution in [0.5, 0.6) is 0 Å². The van der Waals surface area contributed by atoms with Crippen molar-refractivity contribution in [3.63, 3.8) is 0 Å². The summed E-state index contributed by atoms with van der Waals surface area (Å²) in [5, 5.41) is 7.49. The Labute approximate surface area is 251 Å². The zero-order valence-electron chi connectivity index (χ0n) is 24.5. The Morgan fingerprint density at radius 3 is 2.42 bits per heavy atom. The van der Waals surface area contributed by atoms with Gasteiger partial charge in [-0.2, -0.15) is 0 Å². The van der Waals surface area contributed by atoms with Crippen molar-refractivity contribution < 1.29 is 19.1 Å². The van der Waals surface area contributed by atoms with Gasteiger partial charge >= 0.3 is 0 Å². The van der Waals surface area contributed by atoms with E-state index in [1.54, 1.807) is 30.9 Å². The summed E-state index contributed by atoms with van der Waals surface area (Å²) in [7, 11) is 0. The Bertz CT molecular complexity index is 1570. The predicted octanol–water partition coefficient (Wildman–Crippen LogP) is 3.63. The van der Waals surface area contributed by atoms with E-state index < -0.39 is 29.4 Å². The third-order valence-corrected chi connectivity index (χ3v) is 7.52. The third-order valence-electron chi connectivity index (χ3n) is 7.52. The third kappa shape index (κ3) is 7.28. The highest BCUT2D eigenvalue weighted by Gasteiger charge is 2.32. The minimum Gasteiger partial charge on any atom is -0.374 e. The van der Waals surface area contributed by atoms with Gasteiger partial charge in [-0.05, 0) is 48.6 Å². The summed E-state index contributed by atoms with van der Waals surface area (Å²) in [6.07, 6.45) is 5.14. The van der Waals surface area contributed by atoms with Crippen molar-refractivity contribution in [1.29, 1.82) is 0 Å². The van der Waals surface area contributed by atoms with Gasteiger partial charge in [0, 0.05) is 19.3 Å². The largest absolute Gasteiger partial charge is 0.374 e. The number of aromatic nitrogens is 2. The molecule has 5 rings (SSSR count). The van der Waals surface area contributed by atoms with Crippen LogP contribution in [0.4, 0.5) is 5.82 Å². The summed E-state index contributed by atoms with van der Waals surface area (Å²) in [6.45, 7) is 4.74. The van der Waals surface area contributed by atoms with E-state index in [2.05, 4.69) is 15.6 Å². The van der Waals surface area contributed by atoms with Crippen molar-refractivity contribution in [2.75, 3.05) is 25.0 Å². The minimum atomic E-state index is -1.19. The summed E-state index contributed by atoms with van der Waals surface area (Å²) < 4.78 is 7.53. The molecule has 0 aliphatic carbocycles. The fourth-order valence-corrected chi connectivity index (χ4v) is 5.17. The second-order valence-electron chi connectivity index (χ2n) is 11.4. The standard InChI is InChI=1S/C33H38N6O4/c1-33(2,34)32(42)36-27(21-43-20-23-11-4-3-5-12-23)30(40)37-28-19-39(22-35-28)29(31(41)38-17-8-9-18-38)26-16-10-14-24-13-6-7-15-25(24)26/h3-7,10-16,19,22,27,29H,8-9,17-18,20-21,34H2,1-2H3,(H,36,42)(H,37,40). The van der Waals surface area contributed by atoms with Gasteiger partial charge in [0.2, 0.25) is 11.8 Å². The highest BCUT2D eigenvalue weighted by molar-refractivity contribution is 5.98. The number of carbonyl (C=O) groups excluding carboxylic acids is 3. The number of nitrogens with zero attached hydrogens (tertiary/aromatic N) is 3. The van der Waals surface area contributed by atoms with E-state index in [9.17, 15) is 14.4 Å². The Morgan fingerprint density at radius 1 is 0.977 bits per heavy atom. The van der Waals surface area contributed by atoms with E-state index >= 15 is 0 Å². The van der Waals surface area contributed by atoms with E-state index in [4.69, 9.17) is 10.5 Å². The molecule has 3 aromatic carbocycles. The maximum absolute atomic E-state index is 13.9. The van der Waals surface area contributed by atoms with Crippen molar-refractivity contribution >= 4 is 34.3 Å². The molecule has 0 saturated carbocycles. The maximum Gasteiger partial charge on any atom is 0.250 e. The number of imidazole rings is 1. The average molecular weight is 583 g/mol. The minimum absolute atomic E-state index is 0.0197. The first-order valence-electron chi connectivity index (χ1n) is 14.5. The van der Waals surface area contributed by atoms with Crippen LogP contribution < -0.4 is 16.4 Å². The van der Waals surface area contributed by atoms with Crippen molar-refractivity contribution in [1.82, 2.24) is 19.8 Å². The van der Waals surface area contributed by atoms with E-state index in [0.29, 0.717) is 13.1 Å². The van der Waals surface area contributed by atoms with Gasteiger partial charge in [0.15, 0.2) is 5.82 Å². The molecule has 4 aromatic rings. The van der Waals surface area contributed by atoms with E-state index in [1.165, 1.54) is 0 Å². The Morgan fingerprint density at radius 2 is 1.67 bits per heavy atom. The van der Waals surface area contributed by atoms with Crippen LogP contribution in [0.3, 0.4) is 0 Å². The lowest BCUT2D eigenvalue weighted by Crippen LogP contribution is -2.56. The maximum atomic E-state index is 13.9. The number of ether oxygens (including phenoxy) is 1. The molecule has 224 valence electrons. The number of nitrogens with two attached hydrogens (primary N) is 1. The number of anilines is 1.